The molecule has 6 nitrogen and oxygen atoms in total. The molecular weight excluding hydrogens is 212 g/mol. The summed E-state index contributed by atoms with van der Waals surface area (Å²) in [6.45, 7) is 3.25. The van der Waals surface area contributed by atoms with Crippen molar-refractivity contribution in [3.63, 3.8) is 0 Å². The minimum absolute atomic E-state index is 0.0157. The van der Waals surface area contributed by atoms with E-state index >= 15 is 0 Å². The second-order valence-electron chi connectivity index (χ2n) is 4.14. The number of hydrogen-bond acceptors (Lipinski definition) is 4. The molecule has 6 heteroatoms. The standard InChI is InChI=1S/C10H16N2O4/c1-2-16-10(15)12-4-3-6-7(12)5-11-8(6)9(13)14/h6-8,11H,2-5H2,1H3,(H,13,14). The molecule has 0 aliphatic carbocycles. The maximum atomic E-state index is 11.6. The van der Waals surface area contributed by atoms with E-state index in [0.717, 1.165) is 6.42 Å². The molecule has 2 saturated heterocycles. The van der Waals surface area contributed by atoms with Gasteiger partial charge in [-0.2, -0.15) is 0 Å². The van der Waals surface area contributed by atoms with Gasteiger partial charge in [0.2, 0.25) is 0 Å². The molecule has 16 heavy (non-hydrogen) atoms. The molecule has 2 aliphatic rings. The molecule has 2 fully saturated rings. The van der Waals surface area contributed by atoms with E-state index < -0.39 is 12.0 Å². The van der Waals surface area contributed by atoms with Crippen LogP contribution >= 0.6 is 0 Å². The van der Waals surface area contributed by atoms with Crippen molar-refractivity contribution < 1.29 is 19.4 Å². The van der Waals surface area contributed by atoms with E-state index in [1.807, 2.05) is 0 Å². The Kier molecular flexibility index (Phi) is 3.00. The first-order valence-electron chi connectivity index (χ1n) is 5.54. The molecule has 2 heterocycles. The van der Waals surface area contributed by atoms with Crippen molar-refractivity contribution in [2.24, 2.45) is 5.92 Å². The lowest BCUT2D eigenvalue weighted by molar-refractivity contribution is -0.140. The topological polar surface area (TPSA) is 78.9 Å². The van der Waals surface area contributed by atoms with Crippen molar-refractivity contribution >= 4 is 12.1 Å². The van der Waals surface area contributed by atoms with E-state index in [2.05, 4.69) is 5.32 Å². The van der Waals surface area contributed by atoms with Crippen LogP contribution in [0, 0.1) is 5.92 Å². The monoisotopic (exact) mass is 228 g/mol. The SMILES string of the molecule is CCOC(=O)N1CCC2C(C(=O)O)NCC21. The number of carbonyl (C=O) groups is 2. The van der Waals surface area contributed by atoms with Gasteiger partial charge in [0, 0.05) is 19.0 Å². The third kappa shape index (κ3) is 1.73. The van der Waals surface area contributed by atoms with E-state index in [0.29, 0.717) is 19.7 Å². The molecule has 2 N–H and O–H groups in total. The van der Waals surface area contributed by atoms with Gasteiger partial charge >= 0.3 is 12.1 Å². The molecule has 0 bridgehead atoms. The summed E-state index contributed by atoms with van der Waals surface area (Å²) in [6.07, 6.45) is 0.399. The fraction of sp³-hybridized carbons (Fsp3) is 0.800. The van der Waals surface area contributed by atoms with Gasteiger partial charge in [0.05, 0.1) is 12.6 Å². The van der Waals surface area contributed by atoms with Crippen LogP contribution in [-0.4, -0.2) is 53.8 Å². The number of carboxylic acids is 1. The van der Waals surface area contributed by atoms with Crippen LogP contribution in [0.1, 0.15) is 13.3 Å². The Labute approximate surface area is 93.6 Å². The second kappa shape index (κ2) is 4.29. The Morgan fingerprint density at radius 2 is 2.31 bits per heavy atom. The van der Waals surface area contributed by atoms with Crippen molar-refractivity contribution in [3.8, 4) is 0 Å². The summed E-state index contributed by atoms with van der Waals surface area (Å²) in [6, 6.07) is -0.551. The summed E-state index contributed by atoms with van der Waals surface area (Å²) in [5.74, 6) is -0.819. The van der Waals surface area contributed by atoms with Crippen LogP contribution in [0.4, 0.5) is 4.79 Å². The first kappa shape index (κ1) is 11.2. The molecule has 0 saturated carbocycles. The fourth-order valence-corrected chi connectivity index (χ4v) is 2.63. The van der Waals surface area contributed by atoms with Gasteiger partial charge in [-0.15, -0.1) is 0 Å². The van der Waals surface area contributed by atoms with Crippen LogP contribution in [-0.2, 0) is 9.53 Å². The van der Waals surface area contributed by atoms with Crippen molar-refractivity contribution in [1.82, 2.24) is 10.2 Å². The Hall–Kier alpha value is -1.30. The highest BCUT2D eigenvalue weighted by atomic mass is 16.6. The van der Waals surface area contributed by atoms with E-state index in [1.165, 1.54) is 0 Å². The molecule has 0 spiro atoms. The maximum absolute atomic E-state index is 11.6. The molecule has 90 valence electrons. The summed E-state index contributed by atoms with van der Waals surface area (Å²) in [7, 11) is 0. The minimum atomic E-state index is -0.835. The fourth-order valence-electron chi connectivity index (χ4n) is 2.63. The summed E-state index contributed by atoms with van der Waals surface area (Å²) in [5.41, 5.74) is 0. The van der Waals surface area contributed by atoms with Crippen molar-refractivity contribution in [3.05, 3.63) is 0 Å². The van der Waals surface area contributed by atoms with Gasteiger partial charge in [-0.05, 0) is 13.3 Å². The number of hydrogen-bond donors (Lipinski definition) is 2. The number of nitrogens with one attached hydrogen (secondary N) is 1. The largest absolute Gasteiger partial charge is 0.480 e. The Morgan fingerprint density at radius 3 is 2.94 bits per heavy atom. The zero-order chi connectivity index (χ0) is 11.7. The molecule has 3 atom stereocenters. The lowest BCUT2D eigenvalue weighted by Gasteiger charge is -2.22. The normalized spacial score (nSPS) is 32.6. The molecule has 1 amide bonds. The van der Waals surface area contributed by atoms with Gasteiger partial charge in [-0.1, -0.05) is 0 Å². The third-order valence-electron chi connectivity index (χ3n) is 3.34. The van der Waals surface area contributed by atoms with E-state index in [4.69, 9.17) is 9.84 Å². The zero-order valence-electron chi connectivity index (χ0n) is 9.18. The molecule has 2 rings (SSSR count). The van der Waals surface area contributed by atoms with E-state index in [1.54, 1.807) is 11.8 Å². The number of carboxylic acid groups (broad SMARTS) is 1. The molecule has 3 unspecified atom stereocenters. The number of likely N-dealkylation sites (tertiary alicyclic amines) is 1. The Bertz CT molecular complexity index is 307. The highest BCUT2D eigenvalue weighted by molar-refractivity contribution is 5.75. The smallest absolute Gasteiger partial charge is 0.410 e. The number of fused-ring (bicyclic) bond motifs is 1. The lowest BCUT2D eigenvalue weighted by atomic mass is 9.97. The van der Waals surface area contributed by atoms with Crippen LogP contribution in [0.3, 0.4) is 0 Å². The first-order chi connectivity index (χ1) is 7.65. The molecule has 0 radical (unpaired) electrons. The average Bonchev–Trinajstić information content (AvgIpc) is 2.76. The number of amides is 1. The molecule has 0 aromatic carbocycles. The van der Waals surface area contributed by atoms with Crippen LogP contribution in [0.25, 0.3) is 0 Å². The summed E-state index contributed by atoms with van der Waals surface area (Å²) >= 11 is 0. The van der Waals surface area contributed by atoms with Crippen LogP contribution in [0.5, 0.6) is 0 Å². The minimum Gasteiger partial charge on any atom is -0.480 e. The predicted octanol–water partition coefficient (Wildman–Crippen LogP) is -0.110. The first-order valence-corrected chi connectivity index (χ1v) is 5.54. The second-order valence-corrected chi connectivity index (χ2v) is 4.14. The Morgan fingerprint density at radius 1 is 1.56 bits per heavy atom. The van der Waals surface area contributed by atoms with Crippen molar-refractivity contribution in [2.45, 2.75) is 25.4 Å². The van der Waals surface area contributed by atoms with Gasteiger partial charge in [0.1, 0.15) is 6.04 Å². The highest BCUT2D eigenvalue weighted by Crippen LogP contribution is 2.31. The van der Waals surface area contributed by atoms with Gasteiger partial charge in [-0.3, -0.25) is 4.79 Å². The number of nitrogens with zero attached hydrogens (tertiary/aromatic N) is 1. The number of carbonyl (C=O) groups excluding carboxylic acids is 1. The van der Waals surface area contributed by atoms with Crippen molar-refractivity contribution in [1.29, 1.82) is 0 Å². The summed E-state index contributed by atoms with van der Waals surface area (Å²) < 4.78 is 4.94. The predicted molar refractivity (Wildman–Crippen MR) is 55.0 cm³/mol. The third-order valence-corrected chi connectivity index (χ3v) is 3.34. The quantitative estimate of drug-likeness (QED) is 0.689. The van der Waals surface area contributed by atoms with Gasteiger partial charge in [0.15, 0.2) is 0 Å². The Balaban J connectivity index is 2.03. The summed E-state index contributed by atoms with van der Waals surface area (Å²) in [5, 5.41) is 11.9. The lowest BCUT2D eigenvalue weighted by Crippen LogP contribution is -2.39. The highest BCUT2D eigenvalue weighted by Gasteiger charge is 2.48. The number of ether oxygens (including phenoxy) is 1. The van der Waals surface area contributed by atoms with Gasteiger partial charge in [0.25, 0.3) is 0 Å². The average molecular weight is 228 g/mol. The van der Waals surface area contributed by atoms with Gasteiger partial charge < -0.3 is 20.1 Å². The van der Waals surface area contributed by atoms with Crippen LogP contribution in [0.15, 0.2) is 0 Å². The van der Waals surface area contributed by atoms with Crippen LogP contribution < -0.4 is 5.32 Å². The van der Waals surface area contributed by atoms with Crippen LogP contribution in [0.2, 0.25) is 0 Å². The molecule has 0 aromatic rings. The molecular formula is C10H16N2O4. The van der Waals surface area contributed by atoms with E-state index in [-0.39, 0.29) is 18.1 Å². The van der Waals surface area contributed by atoms with Gasteiger partial charge in [-0.25, -0.2) is 4.79 Å². The molecule has 2 aliphatic heterocycles. The zero-order valence-corrected chi connectivity index (χ0v) is 9.18. The number of aliphatic carboxylic acids is 1. The number of rotatable bonds is 2. The van der Waals surface area contributed by atoms with Crippen molar-refractivity contribution in [2.75, 3.05) is 19.7 Å². The molecule has 0 aromatic heterocycles. The van der Waals surface area contributed by atoms with E-state index in [9.17, 15) is 9.59 Å². The maximum Gasteiger partial charge on any atom is 0.410 e. The summed E-state index contributed by atoms with van der Waals surface area (Å²) in [4.78, 5) is 24.2.